The molecule has 0 saturated carbocycles. The third-order valence-electron chi connectivity index (χ3n) is 2.35. The van der Waals surface area contributed by atoms with E-state index in [0.717, 1.165) is 0 Å². The highest BCUT2D eigenvalue weighted by molar-refractivity contribution is 7.84. The van der Waals surface area contributed by atoms with Gasteiger partial charge in [-0.05, 0) is 38.8 Å². The highest BCUT2D eigenvalue weighted by Gasteiger charge is 2.16. The molecule has 0 aliphatic carbocycles. The normalized spacial score (nSPS) is 13.8. The third-order valence-corrected chi connectivity index (χ3v) is 4.05. The molecule has 16 heavy (non-hydrogen) atoms. The average Bonchev–Trinajstić information content (AvgIpc) is 2.08. The van der Waals surface area contributed by atoms with Crippen molar-refractivity contribution in [1.82, 2.24) is 0 Å². The molecule has 0 radical (unpaired) electrons. The van der Waals surface area contributed by atoms with Crippen LogP contribution in [-0.4, -0.2) is 15.5 Å². The molecule has 2 nitrogen and oxygen atoms in total. The molecule has 1 rings (SSSR count). The maximum Gasteiger partial charge on any atom is 0.0489 e. The Morgan fingerprint density at radius 2 is 1.94 bits per heavy atom. The quantitative estimate of drug-likeness (QED) is 0.876. The Bertz CT molecular complexity index is 393. The first-order valence-electron chi connectivity index (χ1n) is 5.48. The zero-order valence-corrected chi connectivity index (χ0v) is 11.4. The minimum absolute atomic E-state index is 0.359. The predicted octanol–water partition coefficient (Wildman–Crippen LogP) is 2.29. The molecule has 0 amide bonds. The number of benzene rings is 1. The van der Waals surface area contributed by atoms with E-state index in [4.69, 9.17) is 5.73 Å². The van der Waals surface area contributed by atoms with Crippen LogP contribution in [0.3, 0.4) is 0 Å². The SMILES string of the molecule is Cc1ccc(C)c(CS(=O)CC(C)(C)N)c1. The van der Waals surface area contributed by atoms with Gasteiger partial charge >= 0.3 is 0 Å². The van der Waals surface area contributed by atoms with Gasteiger partial charge in [-0.1, -0.05) is 23.8 Å². The minimum atomic E-state index is -0.884. The summed E-state index contributed by atoms with van der Waals surface area (Å²) in [4.78, 5) is 0. The third kappa shape index (κ3) is 4.45. The Morgan fingerprint density at radius 3 is 2.50 bits per heavy atom. The molecule has 1 aromatic carbocycles. The monoisotopic (exact) mass is 239 g/mol. The molecular formula is C13H21NOS. The summed E-state index contributed by atoms with van der Waals surface area (Å²) in [6.07, 6.45) is 0. The molecule has 90 valence electrons. The molecule has 1 unspecified atom stereocenters. The first-order valence-corrected chi connectivity index (χ1v) is 6.97. The van der Waals surface area contributed by atoms with Crippen LogP contribution in [0.15, 0.2) is 18.2 Å². The highest BCUT2D eigenvalue weighted by atomic mass is 32.2. The Balaban J connectivity index is 2.73. The van der Waals surface area contributed by atoms with E-state index in [2.05, 4.69) is 32.0 Å². The van der Waals surface area contributed by atoms with Crippen LogP contribution < -0.4 is 5.73 Å². The highest BCUT2D eigenvalue weighted by Crippen LogP contribution is 2.14. The lowest BCUT2D eigenvalue weighted by atomic mass is 10.1. The maximum absolute atomic E-state index is 11.9. The topological polar surface area (TPSA) is 43.1 Å². The molecule has 0 fully saturated rings. The van der Waals surface area contributed by atoms with Gasteiger partial charge in [0, 0.05) is 27.8 Å². The smallest absolute Gasteiger partial charge is 0.0489 e. The summed E-state index contributed by atoms with van der Waals surface area (Å²) < 4.78 is 11.9. The van der Waals surface area contributed by atoms with Crippen molar-refractivity contribution in [3.8, 4) is 0 Å². The molecule has 1 aromatic rings. The molecule has 0 spiro atoms. The minimum Gasteiger partial charge on any atom is -0.325 e. The molecule has 0 bridgehead atoms. The second-order valence-electron chi connectivity index (χ2n) is 5.15. The molecule has 0 aliphatic heterocycles. The van der Waals surface area contributed by atoms with Gasteiger partial charge in [-0.2, -0.15) is 0 Å². The number of aryl methyl sites for hydroxylation is 2. The summed E-state index contributed by atoms with van der Waals surface area (Å²) in [6.45, 7) is 7.93. The first kappa shape index (κ1) is 13.4. The summed E-state index contributed by atoms with van der Waals surface area (Å²) in [5.41, 5.74) is 9.09. The van der Waals surface area contributed by atoms with E-state index in [1.807, 2.05) is 13.8 Å². The van der Waals surface area contributed by atoms with E-state index in [1.165, 1.54) is 16.7 Å². The van der Waals surface area contributed by atoms with Crippen LogP contribution in [-0.2, 0) is 16.6 Å². The lowest BCUT2D eigenvalue weighted by molar-refractivity contribution is 0.577. The predicted molar refractivity (Wildman–Crippen MR) is 70.9 cm³/mol. The van der Waals surface area contributed by atoms with Crippen molar-refractivity contribution in [2.45, 2.75) is 39.0 Å². The van der Waals surface area contributed by atoms with Gasteiger partial charge in [-0.25, -0.2) is 0 Å². The van der Waals surface area contributed by atoms with Crippen molar-refractivity contribution in [3.63, 3.8) is 0 Å². The van der Waals surface area contributed by atoms with Gasteiger partial charge in [0.05, 0.1) is 0 Å². The van der Waals surface area contributed by atoms with Crippen LogP contribution in [0.2, 0.25) is 0 Å². The molecule has 0 saturated heterocycles. The summed E-state index contributed by atoms with van der Waals surface area (Å²) >= 11 is 0. The van der Waals surface area contributed by atoms with E-state index in [1.54, 1.807) is 0 Å². The Labute approximate surface area is 101 Å². The van der Waals surface area contributed by atoms with Crippen LogP contribution in [0.5, 0.6) is 0 Å². The fourth-order valence-electron chi connectivity index (χ4n) is 1.60. The molecule has 1 atom stereocenters. The van der Waals surface area contributed by atoms with Crippen molar-refractivity contribution in [1.29, 1.82) is 0 Å². The summed E-state index contributed by atoms with van der Waals surface area (Å²) in [5, 5.41) is 0. The molecule has 3 heteroatoms. The Morgan fingerprint density at radius 1 is 1.31 bits per heavy atom. The van der Waals surface area contributed by atoms with Crippen molar-refractivity contribution in [3.05, 3.63) is 34.9 Å². The second-order valence-corrected chi connectivity index (χ2v) is 6.60. The van der Waals surface area contributed by atoms with E-state index < -0.39 is 10.8 Å². The number of nitrogens with two attached hydrogens (primary N) is 1. The van der Waals surface area contributed by atoms with Crippen molar-refractivity contribution >= 4 is 10.8 Å². The van der Waals surface area contributed by atoms with Gasteiger partial charge in [0.1, 0.15) is 0 Å². The standard InChI is InChI=1S/C13H21NOS/c1-10-5-6-11(2)12(7-10)8-16(15)9-13(3,4)14/h5-7H,8-9,14H2,1-4H3. The Kier molecular flexibility index (Phi) is 4.28. The van der Waals surface area contributed by atoms with Gasteiger partial charge in [0.15, 0.2) is 0 Å². The zero-order chi connectivity index (χ0) is 12.3. The summed E-state index contributed by atoms with van der Waals surface area (Å²) in [6, 6.07) is 6.26. The second kappa shape index (κ2) is 5.11. The summed E-state index contributed by atoms with van der Waals surface area (Å²) in [5.74, 6) is 1.15. The number of rotatable bonds is 4. The molecule has 2 N–H and O–H groups in total. The largest absolute Gasteiger partial charge is 0.325 e. The van der Waals surface area contributed by atoms with Gasteiger partial charge < -0.3 is 5.73 Å². The fraction of sp³-hybridized carbons (Fsp3) is 0.538. The van der Waals surface area contributed by atoms with Crippen LogP contribution in [0.1, 0.15) is 30.5 Å². The van der Waals surface area contributed by atoms with Crippen LogP contribution in [0.4, 0.5) is 0 Å². The van der Waals surface area contributed by atoms with Crippen molar-refractivity contribution in [2.75, 3.05) is 5.75 Å². The molecular weight excluding hydrogens is 218 g/mol. The fourth-order valence-corrected chi connectivity index (χ4v) is 3.18. The maximum atomic E-state index is 11.9. The van der Waals surface area contributed by atoms with Crippen LogP contribution in [0, 0.1) is 13.8 Å². The lowest BCUT2D eigenvalue weighted by Crippen LogP contribution is -2.38. The number of hydrogen-bond acceptors (Lipinski definition) is 2. The zero-order valence-electron chi connectivity index (χ0n) is 10.5. The lowest BCUT2D eigenvalue weighted by Gasteiger charge is -2.18. The first-order chi connectivity index (χ1) is 7.28. The summed E-state index contributed by atoms with van der Waals surface area (Å²) in [7, 11) is -0.884. The molecule has 0 aliphatic rings. The van der Waals surface area contributed by atoms with Crippen molar-refractivity contribution < 1.29 is 4.21 Å². The Hall–Kier alpha value is -0.670. The molecule has 0 heterocycles. The average molecular weight is 239 g/mol. The van der Waals surface area contributed by atoms with E-state index in [9.17, 15) is 4.21 Å². The molecule has 0 aromatic heterocycles. The van der Waals surface area contributed by atoms with E-state index >= 15 is 0 Å². The van der Waals surface area contributed by atoms with Gasteiger partial charge in [-0.15, -0.1) is 0 Å². The number of hydrogen-bond donors (Lipinski definition) is 1. The van der Waals surface area contributed by atoms with Crippen LogP contribution in [0.25, 0.3) is 0 Å². The van der Waals surface area contributed by atoms with Crippen molar-refractivity contribution in [2.24, 2.45) is 5.73 Å². The van der Waals surface area contributed by atoms with Crippen LogP contribution >= 0.6 is 0 Å². The van der Waals surface area contributed by atoms with Gasteiger partial charge in [-0.3, -0.25) is 4.21 Å². The van der Waals surface area contributed by atoms with Gasteiger partial charge in [0.25, 0.3) is 0 Å². The van der Waals surface area contributed by atoms with E-state index in [0.29, 0.717) is 11.5 Å². The van der Waals surface area contributed by atoms with E-state index in [-0.39, 0.29) is 5.54 Å². The van der Waals surface area contributed by atoms with Gasteiger partial charge in [0.2, 0.25) is 0 Å².